The highest BCUT2D eigenvalue weighted by atomic mass is 19.1. The van der Waals surface area contributed by atoms with Crippen molar-refractivity contribution in [3.05, 3.63) is 35.6 Å². The van der Waals surface area contributed by atoms with Crippen molar-refractivity contribution in [3.63, 3.8) is 0 Å². The molecule has 1 saturated carbocycles. The second kappa shape index (κ2) is 5.17. The lowest BCUT2D eigenvalue weighted by atomic mass is 9.76. The zero-order chi connectivity index (χ0) is 12.3. The van der Waals surface area contributed by atoms with Crippen molar-refractivity contribution in [2.45, 2.75) is 24.8 Å². The Morgan fingerprint density at radius 3 is 2.47 bits per heavy atom. The molecule has 0 amide bonds. The minimum absolute atomic E-state index is 0.168. The van der Waals surface area contributed by atoms with Crippen LogP contribution in [0.2, 0.25) is 0 Å². The number of aliphatic imine (C=N–C) groups is 1. The van der Waals surface area contributed by atoms with Crippen molar-refractivity contribution in [1.29, 1.82) is 0 Å². The molecular formula is C13H18FN3. The molecule has 17 heavy (non-hydrogen) atoms. The van der Waals surface area contributed by atoms with Crippen LogP contribution in [0.25, 0.3) is 0 Å². The molecule has 1 aliphatic rings. The van der Waals surface area contributed by atoms with Crippen LogP contribution in [0.3, 0.4) is 0 Å². The molecule has 1 aliphatic carbocycles. The molecule has 0 spiro atoms. The van der Waals surface area contributed by atoms with Crippen LogP contribution in [0.5, 0.6) is 0 Å². The topological polar surface area (TPSA) is 36.4 Å². The predicted octanol–water partition coefficient (Wildman–Crippen LogP) is 1.87. The third-order valence-electron chi connectivity index (χ3n) is 3.28. The lowest BCUT2D eigenvalue weighted by Crippen LogP contribution is -2.47. The predicted molar refractivity (Wildman–Crippen MR) is 67.7 cm³/mol. The van der Waals surface area contributed by atoms with Gasteiger partial charge >= 0.3 is 0 Å². The minimum Gasteiger partial charge on any atom is -0.359 e. The van der Waals surface area contributed by atoms with Gasteiger partial charge in [0.25, 0.3) is 0 Å². The summed E-state index contributed by atoms with van der Waals surface area (Å²) in [6, 6.07) is 7.29. The summed E-state index contributed by atoms with van der Waals surface area (Å²) in [7, 11) is 3.61. The van der Waals surface area contributed by atoms with Crippen molar-refractivity contribution in [2.75, 3.05) is 14.1 Å². The Labute approximate surface area is 101 Å². The fraction of sp³-hybridized carbons (Fsp3) is 0.462. The average molecular weight is 235 g/mol. The van der Waals surface area contributed by atoms with Crippen LogP contribution in [0, 0.1) is 5.82 Å². The molecule has 1 aromatic rings. The smallest absolute Gasteiger partial charge is 0.190 e. The normalized spacial score (nSPS) is 24.1. The van der Waals surface area contributed by atoms with E-state index in [4.69, 9.17) is 0 Å². The zero-order valence-corrected chi connectivity index (χ0v) is 10.2. The van der Waals surface area contributed by atoms with Gasteiger partial charge in [-0.05, 0) is 36.5 Å². The van der Waals surface area contributed by atoms with Gasteiger partial charge in [-0.25, -0.2) is 4.39 Å². The summed E-state index contributed by atoms with van der Waals surface area (Å²) in [6.45, 7) is 0. The van der Waals surface area contributed by atoms with Crippen LogP contribution >= 0.6 is 0 Å². The van der Waals surface area contributed by atoms with E-state index in [1.54, 1.807) is 7.05 Å². The molecule has 0 radical (unpaired) electrons. The Kier molecular flexibility index (Phi) is 3.61. The number of hydrogen-bond acceptors (Lipinski definition) is 1. The van der Waals surface area contributed by atoms with Crippen LogP contribution in [-0.2, 0) is 0 Å². The average Bonchev–Trinajstić information content (AvgIpc) is 2.30. The van der Waals surface area contributed by atoms with Gasteiger partial charge in [0, 0.05) is 20.1 Å². The van der Waals surface area contributed by atoms with E-state index in [1.807, 2.05) is 19.2 Å². The molecule has 0 bridgehead atoms. The second-order valence-electron chi connectivity index (χ2n) is 4.38. The fourth-order valence-electron chi connectivity index (χ4n) is 2.18. The summed E-state index contributed by atoms with van der Waals surface area (Å²) in [6.07, 6.45) is 2.15. The lowest BCUT2D eigenvalue weighted by molar-refractivity contribution is 0.322. The fourth-order valence-corrected chi connectivity index (χ4v) is 2.18. The number of guanidine groups is 1. The van der Waals surface area contributed by atoms with Crippen LogP contribution in [-0.4, -0.2) is 26.1 Å². The van der Waals surface area contributed by atoms with E-state index in [1.165, 1.54) is 17.7 Å². The molecule has 92 valence electrons. The first kappa shape index (κ1) is 11.9. The highest BCUT2D eigenvalue weighted by Gasteiger charge is 2.30. The molecule has 2 N–H and O–H groups in total. The van der Waals surface area contributed by atoms with E-state index in [-0.39, 0.29) is 5.82 Å². The van der Waals surface area contributed by atoms with E-state index in [0.29, 0.717) is 12.0 Å². The van der Waals surface area contributed by atoms with Crippen LogP contribution in [0.1, 0.15) is 24.3 Å². The van der Waals surface area contributed by atoms with E-state index in [2.05, 4.69) is 15.6 Å². The van der Waals surface area contributed by atoms with Crippen molar-refractivity contribution in [2.24, 2.45) is 4.99 Å². The van der Waals surface area contributed by atoms with Gasteiger partial charge in [-0.1, -0.05) is 12.1 Å². The Morgan fingerprint density at radius 2 is 1.94 bits per heavy atom. The van der Waals surface area contributed by atoms with E-state index in [9.17, 15) is 4.39 Å². The minimum atomic E-state index is -0.168. The summed E-state index contributed by atoms with van der Waals surface area (Å²) in [5, 5.41) is 6.33. The number of benzene rings is 1. The summed E-state index contributed by atoms with van der Waals surface area (Å²) < 4.78 is 12.8. The maximum absolute atomic E-state index is 12.8. The van der Waals surface area contributed by atoms with Crippen molar-refractivity contribution in [3.8, 4) is 0 Å². The number of halogens is 1. The molecular weight excluding hydrogens is 217 g/mol. The van der Waals surface area contributed by atoms with Gasteiger partial charge in [-0.2, -0.15) is 0 Å². The highest BCUT2D eigenvalue weighted by molar-refractivity contribution is 5.79. The maximum Gasteiger partial charge on any atom is 0.190 e. The van der Waals surface area contributed by atoms with Gasteiger partial charge in [-0.3, -0.25) is 4.99 Å². The summed E-state index contributed by atoms with van der Waals surface area (Å²) in [5.74, 6) is 1.20. The second-order valence-corrected chi connectivity index (χ2v) is 4.38. The van der Waals surface area contributed by atoms with E-state index < -0.39 is 0 Å². The first-order chi connectivity index (χ1) is 8.22. The van der Waals surface area contributed by atoms with E-state index >= 15 is 0 Å². The SMILES string of the molecule is CN=C(NC)NC1CC(c2ccc(F)cc2)C1. The summed E-state index contributed by atoms with van der Waals surface area (Å²) in [4.78, 5) is 4.08. The van der Waals surface area contributed by atoms with E-state index in [0.717, 1.165) is 18.8 Å². The first-order valence-electron chi connectivity index (χ1n) is 5.89. The molecule has 0 heterocycles. The first-order valence-corrected chi connectivity index (χ1v) is 5.89. The standard InChI is InChI=1S/C13H18FN3/c1-15-13(16-2)17-12-7-10(8-12)9-3-5-11(14)6-4-9/h3-6,10,12H,7-8H2,1-2H3,(H2,15,16,17). The van der Waals surface area contributed by atoms with Gasteiger partial charge < -0.3 is 10.6 Å². The summed E-state index contributed by atoms with van der Waals surface area (Å²) in [5.41, 5.74) is 1.23. The number of nitrogens with one attached hydrogen (secondary N) is 2. The van der Waals surface area contributed by atoms with Gasteiger partial charge in [0.15, 0.2) is 5.96 Å². The Morgan fingerprint density at radius 1 is 1.29 bits per heavy atom. The maximum atomic E-state index is 12.8. The third kappa shape index (κ3) is 2.75. The molecule has 1 aromatic carbocycles. The molecule has 1 fully saturated rings. The largest absolute Gasteiger partial charge is 0.359 e. The molecule has 0 aromatic heterocycles. The van der Waals surface area contributed by atoms with Gasteiger partial charge in [-0.15, -0.1) is 0 Å². The molecule has 0 aliphatic heterocycles. The Bertz CT molecular complexity index is 394. The number of nitrogens with zero attached hydrogens (tertiary/aromatic N) is 1. The number of rotatable bonds is 2. The molecule has 0 saturated heterocycles. The van der Waals surface area contributed by atoms with Gasteiger partial charge in [0.05, 0.1) is 0 Å². The molecule has 4 heteroatoms. The van der Waals surface area contributed by atoms with Gasteiger partial charge in [0.2, 0.25) is 0 Å². The summed E-state index contributed by atoms with van der Waals surface area (Å²) >= 11 is 0. The molecule has 0 atom stereocenters. The Hall–Kier alpha value is -1.58. The van der Waals surface area contributed by atoms with Crippen LogP contribution in [0.4, 0.5) is 4.39 Å². The van der Waals surface area contributed by atoms with Crippen LogP contribution in [0.15, 0.2) is 29.3 Å². The molecule has 0 unspecified atom stereocenters. The highest BCUT2D eigenvalue weighted by Crippen LogP contribution is 2.36. The lowest BCUT2D eigenvalue weighted by Gasteiger charge is -2.36. The van der Waals surface area contributed by atoms with Gasteiger partial charge in [0.1, 0.15) is 5.82 Å². The van der Waals surface area contributed by atoms with Crippen molar-refractivity contribution in [1.82, 2.24) is 10.6 Å². The Balaban J connectivity index is 1.84. The van der Waals surface area contributed by atoms with Crippen molar-refractivity contribution >= 4 is 5.96 Å². The number of hydrogen-bond donors (Lipinski definition) is 2. The third-order valence-corrected chi connectivity index (χ3v) is 3.28. The van der Waals surface area contributed by atoms with Crippen molar-refractivity contribution < 1.29 is 4.39 Å². The monoisotopic (exact) mass is 235 g/mol. The quantitative estimate of drug-likeness (QED) is 0.606. The van der Waals surface area contributed by atoms with Crippen LogP contribution < -0.4 is 10.6 Å². The molecule has 2 rings (SSSR count). The molecule has 3 nitrogen and oxygen atoms in total. The zero-order valence-electron chi connectivity index (χ0n) is 10.2.